The Labute approximate surface area is 93.8 Å². The Balaban J connectivity index is 0. The van der Waals surface area contributed by atoms with E-state index in [1.54, 1.807) is 0 Å². The van der Waals surface area contributed by atoms with Gasteiger partial charge in [0.05, 0.1) is 0 Å². The lowest BCUT2D eigenvalue weighted by atomic mass is 10.2. The number of hydrogen-bond acceptors (Lipinski definition) is 4. The van der Waals surface area contributed by atoms with Gasteiger partial charge in [-0.1, -0.05) is 6.92 Å². The number of carboxylic acid groups (broad SMARTS) is 2. The van der Waals surface area contributed by atoms with E-state index >= 15 is 0 Å². The van der Waals surface area contributed by atoms with E-state index in [-0.39, 0.29) is 12.8 Å². The van der Waals surface area contributed by atoms with E-state index in [1.807, 2.05) is 6.92 Å². The van der Waals surface area contributed by atoms with Gasteiger partial charge in [0.1, 0.15) is 0 Å². The molecule has 0 aliphatic rings. The third-order valence-corrected chi connectivity index (χ3v) is 1.42. The summed E-state index contributed by atoms with van der Waals surface area (Å²) in [5.41, 5.74) is 0. The topological polar surface area (TPSA) is 115 Å². The maximum Gasteiger partial charge on any atom is 0.303 e. The number of unbranched alkanes of at least 4 members (excludes halogenated alkanes) is 1. The molecule has 0 spiro atoms. The quantitative estimate of drug-likeness (QED) is 0.413. The molecular weight excluding hydrogens is 216 g/mol. The second kappa shape index (κ2) is 11.4. The van der Waals surface area contributed by atoms with Crippen LogP contribution in [0, 0.1) is 0 Å². The molecule has 0 aromatic heterocycles. The summed E-state index contributed by atoms with van der Waals surface area (Å²) in [6, 6.07) is 0. The first-order valence-electron chi connectivity index (χ1n) is 4.91. The van der Waals surface area contributed by atoms with Crippen LogP contribution in [-0.4, -0.2) is 32.4 Å². The van der Waals surface area contributed by atoms with Crippen molar-refractivity contribution in [1.82, 2.24) is 0 Å². The van der Waals surface area contributed by atoms with Gasteiger partial charge in [0, 0.05) is 12.8 Å². The van der Waals surface area contributed by atoms with Crippen LogP contribution in [0.15, 0.2) is 12.0 Å². The van der Waals surface area contributed by atoms with Crippen LogP contribution in [0.3, 0.4) is 0 Å². The van der Waals surface area contributed by atoms with Crippen molar-refractivity contribution in [1.29, 1.82) is 0 Å². The van der Waals surface area contributed by atoms with Crippen LogP contribution >= 0.6 is 0 Å². The molecule has 94 valence electrons. The molecule has 0 bridgehead atoms. The zero-order valence-corrected chi connectivity index (χ0v) is 9.22. The fraction of sp³-hybridized carbons (Fsp3) is 0.600. The molecule has 0 aliphatic carbocycles. The zero-order valence-electron chi connectivity index (χ0n) is 9.22. The van der Waals surface area contributed by atoms with Gasteiger partial charge in [-0.05, 0) is 25.3 Å². The van der Waals surface area contributed by atoms with Crippen molar-refractivity contribution < 1.29 is 30.0 Å². The van der Waals surface area contributed by atoms with E-state index in [9.17, 15) is 9.59 Å². The van der Waals surface area contributed by atoms with E-state index in [4.69, 9.17) is 20.4 Å². The van der Waals surface area contributed by atoms with E-state index < -0.39 is 17.9 Å². The zero-order chi connectivity index (χ0) is 13.0. The van der Waals surface area contributed by atoms with Crippen molar-refractivity contribution in [2.75, 3.05) is 0 Å². The van der Waals surface area contributed by atoms with E-state index in [0.717, 1.165) is 0 Å². The number of hydrogen-bond donors (Lipinski definition) is 4. The van der Waals surface area contributed by atoms with Crippen molar-refractivity contribution in [3.05, 3.63) is 12.0 Å². The van der Waals surface area contributed by atoms with Crippen LogP contribution in [0.4, 0.5) is 0 Å². The van der Waals surface area contributed by atoms with Gasteiger partial charge in [0.2, 0.25) is 0 Å². The third kappa shape index (κ3) is 22.8. The molecule has 0 saturated heterocycles. The molecule has 0 fully saturated rings. The minimum Gasteiger partial charge on any atom is -0.481 e. The van der Waals surface area contributed by atoms with Crippen LogP contribution in [0.5, 0.6) is 0 Å². The van der Waals surface area contributed by atoms with Crippen molar-refractivity contribution in [2.24, 2.45) is 0 Å². The van der Waals surface area contributed by atoms with Gasteiger partial charge < -0.3 is 20.4 Å². The largest absolute Gasteiger partial charge is 0.481 e. The molecule has 0 rings (SSSR count). The fourth-order valence-electron chi connectivity index (χ4n) is 0.735. The van der Waals surface area contributed by atoms with Gasteiger partial charge in [0.25, 0.3) is 5.95 Å². The molecule has 6 heteroatoms. The van der Waals surface area contributed by atoms with Crippen LogP contribution in [0.25, 0.3) is 0 Å². The average Bonchev–Trinajstić information content (AvgIpc) is 2.12. The highest BCUT2D eigenvalue weighted by Gasteiger charge is 1.99. The third-order valence-electron chi connectivity index (χ3n) is 1.42. The minimum atomic E-state index is -0.870. The summed E-state index contributed by atoms with van der Waals surface area (Å²) in [5, 5.41) is 32.2. The number of aliphatic carboxylic acids is 2. The molecular formula is C10H18O6. The van der Waals surface area contributed by atoms with Gasteiger partial charge in [-0.3, -0.25) is 9.59 Å². The second-order valence-electron chi connectivity index (χ2n) is 2.97. The number of carboxylic acids is 2. The Bertz CT molecular complexity index is 213. The molecule has 0 radical (unpaired) electrons. The monoisotopic (exact) mass is 234 g/mol. The van der Waals surface area contributed by atoms with Crippen LogP contribution in [-0.2, 0) is 9.59 Å². The summed E-state index contributed by atoms with van der Waals surface area (Å²) < 4.78 is 0. The Morgan fingerprint density at radius 2 is 1.31 bits per heavy atom. The molecule has 0 unspecified atom stereocenters. The Morgan fingerprint density at radius 3 is 1.44 bits per heavy atom. The van der Waals surface area contributed by atoms with Crippen LogP contribution in [0.1, 0.15) is 39.0 Å². The molecule has 0 atom stereocenters. The summed E-state index contributed by atoms with van der Waals surface area (Å²) in [4.78, 5) is 19.8. The van der Waals surface area contributed by atoms with Crippen molar-refractivity contribution in [2.45, 2.75) is 39.0 Å². The van der Waals surface area contributed by atoms with Crippen molar-refractivity contribution in [3.8, 4) is 0 Å². The molecule has 16 heavy (non-hydrogen) atoms. The lowest BCUT2D eigenvalue weighted by Crippen LogP contribution is -1.97. The standard InChI is InChI=1S/C6H10O4.C4H8O2/c7-5(8)3-1-2-4-6(9)10;1-2-3-4(5)6/h1-4H2,(H,7,8)(H,9,10);3,5-6H,2H2,1H3. The fourth-order valence-corrected chi connectivity index (χ4v) is 0.735. The smallest absolute Gasteiger partial charge is 0.303 e. The molecule has 0 heterocycles. The Hall–Kier alpha value is -1.72. The number of aliphatic hydroxyl groups is 2. The molecule has 0 aromatic rings. The first-order valence-corrected chi connectivity index (χ1v) is 4.91. The molecule has 4 N–H and O–H groups in total. The van der Waals surface area contributed by atoms with Crippen molar-refractivity contribution in [3.63, 3.8) is 0 Å². The van der Waals surface area contributed by atoms with Crippen LogP contribution < -0.4 is 0 Å². The lowest BCUT2D eigenvalue weighted by molar-refractivity contribution is -0.139. The molecule has 0 saturated carbocycles. The van der Waals surface area contributed by atoms with Crippen LogP contribution in [0.2, 0.25) is 0 Å². The number of aliphatic hydroxyl groups excluding tert-OH is 1. The minimum absolute atomic E-state index is 0.0628. The van der Waals surface area contributed by atoms with E-state index in [1.165, 1.54) is 6.08 Å². The van der Waals surface area contributed by atoms with E-state index in [0.29, 0.717) is 19.3 Å². The highest BCUT2D eigenvalue weighted by atomic mass is 16.5. The predicted octanol–water partition coefficient (Wildman–Crippen LogP) is 2.07. The first-order chi connectivity index (χ1) is 7.40. The van der Waals surface area contributed by atoms with Gasteiger partial charge in [-0.15, -0.1) is 0 Å². The second-order valence-corrected chi connectivity index (χ2v) is 2.97. The maximum atomic E-state index is 9.90. The van der Waals surface area contributed by atoms with Gasteiger partial charge in [-0.25, -0.2) is 0 Å². The average molecular weight is 234 g/mol. The van der Waals surface area contributed by atoms with Crippen molar-refractivity contribution >= 4 is 11.9 Å². The summed E-state index contributed by atoms with van der Waals surface area (Å²) in [6.45, 7) is 1.83. The summed E-state index contributed by atoms with van der Waals surface area (Å²) in [7, 11) is 0. The first kappa shape index (κ1) is 16.7. The predicted molar refractivity (Wildman–Crippen MR) is 57.4 cm³/mol. The number of rotatable bonds is 6. The Kier molecular flexibility index (Phi) is 11.9. The number of carbonyl (C=O) groups is 2. The molecule has 0 aliphatic heterocycles. The Morgan fingerprint density at radius 1 is 0.938 bits per heavy atom. The molecule has 0 aromatic carbocycles. The molecule has 0 amide bonds. The van der Waals surface area contributed by atoms with Gasteiger partial charge in [-0.2, -0.15) is 0 Å². The summed E-state index contributed by atoms with van der Waals surface area (Å²) in [5.74, 6) is -2.33. The van der Waals surface area contributed by atoms with Gasteiger partial charge >= 0.3 is 11.9 Å². The summed E-state index contributed by atoms with van der Waals surface area (Å²) >= 11 is 0. The van der Waals surface area contributed by atoms with E-state index in [2.05, 4.69) is 0 Å². The highest BCUT2D eigenvalue weighted by Crippen LogP contribution is 1.98. The summed E-state index contributed by atoms with van der Waals surface area (Å²) in [6.07, 6.45) is 3.01. The normalized spacial score (nSPS) is 8.56. The molecule has 6 nitrogen and oxygen atoms in total. The lowest BCUT2D eigenvalue weighted by Gasteiger charge is -1.92. The maximum absolute atomic E-state index is 9.90. The van der Waals surface area contributed by atoms with Gasteiger partial charge in [0.15, 0.2) is 0 Å². The number of allylic oxidation sites excluding steroid dienone is 1. The SMILES string of the molecule is CCC=C(O)O.O=C(O)CCCCC(=O)O. The highest BCUT2D eigenvalue weighted by molar-refractivity contribution is 5.67.